The number of hydrogen-bond donors (Lipinski definition) is 1. The Morgan fingerprint density at radius 1 is 1.11 bits per heavy atom. The van der Waals surface area contributed by atoms with Gasteiger partial charge in [0, 0.05) is 5.02 Å². The second-order valence-corrected chi connectivity index (χ2v) is 1.91. The SMILES string of the molecule is Oc1ccc(Cl)cc1.[PbH2]. The number of rotatable bonds is 0. The van der Waals surface area contributed by atoms with Gasteiger partial charge in [-0.3, -0.25) is 0 Å². The molecule has 1 N–H and O–H groups in total. The summed E-state index contributed by atoms with van der Waals surface area (Å²) in [5, 5.41) is 9.34. The number of halogens is 1. The van der Waals surface area contributed by atoms with Crippen LogP contribution in [0.2, 0.25) is 5.02 Å². The molecule has 48 valence electrons. The Hall–Kier alpha value is 0.232. The first-order chi connectivity index (χ1) is 3.79. The fourth-order valence-corrected chi connectivity index (χ4v) is 0.567. The number of phenolic OH excluding ortho intramolecular Hbond substituents is 1. The van der Waals surface area contributed by atoms with E-state index in [1.165, 1.54) is 0 Å². The van der Waals surface area contributed by atoms with Crippen LogP contribution in [0.5, 0.6) is 5.75 Å². The minimum atomic E-state index is 0. The third-order valence-corrected chi connectivity index (χ3v) is 1.08. The molecule has 1 aromatic rings. The van der Waals surface area contributed by atoms with Crippen molar-refractivity contribution >= 4 is 38.9 Å². The van der Waals surface area contributed by atoms with Crippen molar-refractivity contribution in [2.45, 2.75) is 0 Å². The van der Waals surface area contributed by atoms with Gasteiger partial charge >= 0.3 is 27.3 Å². The summed E-state index contributed by atoms with van der Waals surface area (Å²) in [5.74, 6) is 0.245. The fraction of sp³-hybridized carbons (Fsp3) is 0. The van der Waals surface area contributed by atoms with E-state index in [4.69, 9.17) is 16.7 Å². The first kappa shape index (κ1) is 9.23. The van der Waals surface area contributed by atoms with Crippen molar-refractivity contribution in [3.8, 4) is 5.75 Å². The van der Waals surface area contributed by atoms with Gasteiger partial charge in [0.2, 0.25) is 0 Å². The van der Waals surface area contributed by atoms with E-state index in [0.29, 0.717) is 5.02 Å². The van der Waals surface area contributed by atoms with Gasteiger partial charge in [-0.1, -0.05) is 11.6 Å². The number of aromatic hydroxyl groups is 1. The van der Waals surface area contributed by atoms with E-state index in [-0.39, 0.29) is 33.0 Å². The van der Waals surface area contributed by atoms with Gasteiger partial charge in [-0.05, 0) is 24.3 Å². The van der Waals surface area contributed by atoms with Gasteiger partial charge in [0.25, 0.3) is 0 Å². The minimum absolute atomic E-state index is 0. The average Bonchev–Trinajstić information content (AvgIpc) is 1.77. The molecule has 3 heteroatoms. The third kappa shape index (κ3) is 3.05. The van der Waals surface area contributed by atoms with Crippen LogP contribution < -0.4 is 0 Å². The first-order valence-electron chi connectivity index (χ1n) is 2.23. The fourth-order valence-electron chi connectivity index (χ4n) is 0.441. The van der Waals surface area contributed by atoms with Crippen LogP contribution in [0.1, 0.15) is 0 Å². The van der Waals surface area contributed by atoms with E-state index in [9.17, 15) is 0 Å². The van der Waals surface area contributed by atoms with Gasteiger partial charge in [-0.15, -0.1) is 0 Å². The van der Waals surface area contributed by atoms with E-state index in [1.807, 2.05) is 0 Å². The van der Waals surface area contributed by atoms with Gasteiger partial charge in [0.15, 0.2) is 0 Å². The molecule has 9 heavy (non-hydrogen) atoms. The summed E-state index contributed by atoms with van der Waals surface area (Å²) in [4.78, 5) is 0. The van der Waals surface area contributed by atoms with Crippen molar-refractivity contribution in [1.82, 2.24) is 0 Å². The molecule has 0 heterocycles. The van der Waals surface area contributed by atoms with Gasteiger partial charge in [-0.25, -0.2) is 0 Å². The molecule has 0 atom stereocenters. The summed E-state index contributed by atoms with van der Waals surface area (Å²) in [6.45, 7) is 0. The zero-order valence-electron chi connectivity index (χ0n) is 4.84. The second-order valence-electron chi connectivity index (χ2n) is 1.48. The molecule has 0 saturated carbocycles. The van der Waals surface area contributed by atoms with Crippen LogP contribution in [0.3, 0.4) is 0 Å². The van der Waals surface area contributed by atoms with Crippen molar-refractivity contribution in [2.24, 2.45) is 0 Å². The Labute approximate surface area is 78.8 Å². The van der Waals surface area contributed by atoms with Crippen LogP contribution in [-0.2, 0) is 0 Å². The standard InChI is InChI=1S/C6H5ClO.Pb.2H/c7-5-1-3-6(8)4-2-5;;;/h1-4,8H;;;. The Balaban J connectivity index is 0.000000640. The Morgan fingerprint density at radius 2 is 1.56 bits per heavy atom. The van der Waals surface area contributed by atoms with Crippen LogP contribution >= 0.6 is 11.6 Å². The Morgan fingerprint density at radius 3 is 1.89 bits per heavy atom. The summed E-state index contributed by atoms with van der Waals surface area (Å²) in [5.41, 5.74) is 0. The van der Waals surface area contributed by atoms with E-state index in [1.54, 1.807) is 24.3 Å². The number of hydrogen-bond acceptors (Lipinski definition) is 1. The van der Waals surface area contributed by atoms with Crippen LogP contribution in [0.15, 0.2) is 24.3 Å². The molecule has 0 aromatic heterocycles. The normalized spacial score (nSPS) is 8.11. The third-order valence-electron chi connectivity index (χ3n) is 0.827. The topological polar surface area (TPSA) is 20.2 Å². The molecular weight excluding hydrogens is 331 g/mol. The van der Waals surface area contributed by atoms with Crippen LogP contribution in [0, 0.1) is 0 Å². The molecule has 0 saturated heterocycles. The van der Waals surface area contributed by atoms with Gasteiger partial charge in [0.05, 0.1) is 0 Å². The molecule has 1 aromatic carbocycles. The molecule has 1 nitrogen and oxygen atoms in total. The van der Waals surface area contributed by atoms with Gasteiger partial charge < -0.3 is 5.11 Å². The Kier molecular flexibility index (Phi) is 4.22. The van der Waals surface area contributed by atoms with Crippen molar-refractivity contribution in [3.05, 3.63) is 29.3 Å². The predicted molar refractivity (Wildman–Crippen MR) is 41.7 cm³/mol. The summed E-state index contributed by atoms with van der Waals surface area (Å²) in [6, 6.07) is 6.36. The van der Waals surface area contributed by atoms with Gasteiger partial charge in [-0.2, -0.15) is 0 Å². The van der Waals surface area contributed by atoms with Crippen LogP contribution in [0.4, 0.5) is 0 Å². The van der Waals surface area contributed by atoms with E-state index >= 15 is 0 Å². The van der Waals surface area contributed by atoms with Gasteiger partial charge in [0.1, 0.15) is 5.75 Å². The number of phenols is 1. The first-order valence-corrected chi connectivity index (χ1v) is 2.61. The Bertz CT molecular complexity index is 152. The van der Waals surface area contributed by atoms with Crippen LogP contribution in [-0.4, -0.2) is 32.4 Å². The van der Waals surface area contributed by atoms with Crippen molar-refractivity contribution in [1.29, 1.82) is 0 Å². The average molecular weight is 338 g/mol. The second kappa shape index (κ2) is 4.11. The molecule has 0 fully saturated rings. The molecule has 2 radical (unpaired) electrons. The van der Waals surface area contributed by atoms with Crippen molar-refractivity contribution in [2.75, 3.05) is 0 Å². The van der Waals surface area contributed by atoms with Crippen molar-refractivity contribution < 1.29 is 5.11 Å². The molecule has 0 unspecified atom stereocenters. The zero-order chi connectivity index (χ0) is 5.98. The molecule has 0 spiro atoms. The predicted octanol–water partition coefficient (Wildman–Crippen LogP) is 1.13. The molecule has 0 aliphatic rings. The van der Waals surface area contributed by atoms with E-state index in [2.05, 4.69) is 0 Å². The quantitative estimate of drug-likeness (QED) is 0.704. The summed E-state index contributed by atoms with van der Waals surface area (Å²) >= 11 is 5.50. The maximum absolute atomic E-state index is 8.70. The summed E-state index contributed by atoms with van der Waals surface area (Å²) in [7, 11) is 0. The van der Waals surface area contributed by atoms with Crippen LogP contribution in [0.25, 0.3) is 0 Å². The monoisotopic (exact) mass is 338 g/mol. The zero-order valence-corrected chi connectivity index (χ0v) is 11.1. The number of benzene rings is 1. The molecule has 1 rings (SSSR count). The summed E-state index contributed by atoms with van der Waals surface area (Å²) in [6.07, 6.45) is 0. The van der Waals surface area contributed by atoms with Crippen molar-refractivity contribution in [3.63, 3.8) is 0 Å². The summed E-state index contributed by atoms with van der Waals surface area (Å²) < 4.78 is 0. The molecule has 0 aliphatic heterocycles. The molecular formula is C6H7ClOPb. The maximum atomic E-state index is 8.70. The molecule has 0 amide bonds. The molecule has 0 aliphatic carbocycles. The van der Waals surface area contributed by atoms with E-state index in [0.717, 1.165) is 0 Å². The van der Waals surface area contributed by atoms with E-state index < -0.39 is 0 Å². The molecule has 0 bridgehead atoms.